The van der Waals surface area contributed by atoms with Gasteiger partial charge in [0, 0.05) is 25.6 Å². The summed E-state index contributed by atoms with van der Waals surface area (Å²) in [5.74, 6) is 2.82. The second-order valence-electron chi connectivity index (χ2n) is 8.05. The van der Waals surface area contributed by atoms with E-state index in [0.29, 0.717) is 31.2 Å². The molecule has 0 spiro atoms. The van der Waals surface area contributed by atoms with E-state index in [-0.39, 0.29) is 17.7 Å². The second kappa shape index (κ2) is 8.73. The molecule has 1 aliphatic rings. The van der Waals surface area contributed by atoms with Gasteiger partial charge in [-0.1, -0.05) is 31.1 Å². The number of methoxy groups -OCH3 is 1. The highest BCUT2D eigenvalue weighted by atomic mass is 16.5. The molecule has 0 bridgehead atoms. The summed E-state index contributed by atoms with van der Waals surface area (Å²) in [6.07, 6.45) is 4.30. The molecule has 1 amide bonds. The van der Waals surface area contributed by atoms with Gasteiger partial charge in [0.2, 0.25) is 5.76 Å². The number of oxazole rings is 1. The van der Waals surface area contributed by atoms with Crippen LogP contribution in [0.4, 0.5) is 0 Å². The highest BCUT2D eigenvalue weighted by Crippen LogP contribution is 2.28. The molecule has 1 fully saturated rings. The monoisotopic (exact) mass is 409 g/mol. The van der Waals surface area contributed by atoms with Crippen molar-refractivity contribution >= 4 is 5.91 Å². The summed E-state index contributed by atoms with van der Waals surface area (Å²) < 4.78 is 16.5. The van der Waals surface area contributed by atoms with Crippen molar-refractivity contribution in [2.24, 2.45) is 0 Å². The van der Waals surface area contributed by atoms with Crippen molar-refractivity contribution in [2.75, 3.05) is 20.2 Å². The highest BCUT2D eigenvalue weighted by Gasteiger charge is 2.30. The van der Waals surface area contributed by atoms with E-state index in [0.717, 1.165) is 35.6 Å². The van der Waals surface area contributed by atoms with Gasteiger partial charge in [0.25, 0.3) is 5.91 Å². The van der Waals surface area contributed by atoms with Gasteiger partial charge in [0.05, 0.1) is 24.9 Å². The van der Waals surface area contributed by atoms with Crippen LogP contribution in [0.3, 0.4) is 0 Å². The minimum absolute atomic E-state index is 0.0832. The Kier molecular flexibility index (Phi) is 5.88. The van der Waals surface area contributed by atoms with E-state index in [1.807, 2.05) is 43.0 Å². The van der Waals surface area contributed by atoms with E-state index in [1.54, 1.807) is 19.4 Å². The summed E-state index contributed by atoms with van der Waals surface area (Å²) in [4.78, 5) is 19.2. The lowest BCUT2D eigenvalue weighted by molar-refractivity contribution is 0.0656. The number of nitrogens with zero attached hydrogens (tertiary/aromatic N) is 3. The normalized spacial score (nSPS) is 16.8. The Balaban J connectivity index is 1.41. The van der Waals surface area contributed by atoms with Crippen LogP contribution in [-0.2, 0) is 6.42 Å². The van der Waals surface area contributed by atoms with E-state index in [9.17, 15) is 4.79 Å². The number of piperidine rings is 1. The van der Waals surface area contributed by atoms with Crippen molar-refractivity contribution in [1.82, 2.24) is 15.0 Å². The van der Waals surface area contributed by atoms with Gasteiger partial charge in [0.15, 0.2) is 5.89 Å². The Hall–Kier alpha value is -3.09. The molecule has 3 heterocycles. The summed E-state index contributed by atoms with van der Waals surface area (Å²) in [6.45, 7) is 5.32. The molecular weight excluding hydrogens is 382 g/mol. The van der Waals surface area contributed by atoms with Crippen LogP contribution in [0, 0.1) is 0 Å². The summed E-state index contributed by atoms with van der Waals surface area (Å²) in [7, 11) is 1.65. The molecular formula is C23H27N3O4. The number of rotatable bonds is 6. The van der Waals surface area contributed by atoms with Crippen LogP contribution in [-0.4, -0.2) is 41.1 Å². The van der Waals surface area contributed by atoms with Crippen LogP contribution < -0.4 is 4.74 Å². The molecule has 2 aromatic heterocycles. The molecule has 0 saturated carbocycles. The molecule has 0 radical (unpaired) electrons. The van der Waals surface area contributed by atoms with Crippen LogP contribution in [0.5, 0.6) is 5.75 Å². The van der Waals surface area contributed by atoms with Crippen molar-refractivity contribution in [3.05, 3.63) is 65.2 Å². The SMILES string of the molecule is COc1ccc(Cc2cnc(C3CCCN(C(=O)c4cc(C(C)C)no4)C3)o2)cc1. The van der Waals surface area contributed by atoms with Gasteiger partial charge >= 0.3 is 0 Å². The first-order chi connectivity index (χ1) is 14.5. The Morgan fingerprint density at radius 2 is 2.10 bits per heavy atom. The molecule has 0 aliphatic carbocycles. The summed E-state index contributed by atoms with van der Waals surface area (Å²) in [5.41, 5.74) is 1.92. The minimum atomic E-state index is -0.121. The molecule has 1 saturated heterocycles. The first kappa shape index (κ1) is 20.2. The number of carbonyl (C=O) groups is 1. The summed E-state index contributed by atoms with van der Waals surface area (Å²) in [6, 6.07) is 9.65. The second-order valence-corrected chi connectivity index (χ2v) is 8.05. The predicted octanol–water partition coefficient (Wildman–Crippen LogP) is 4.41. The first-order valence-corrected chi connectivity index (χ1v) is 10.4. The molecule has 7 heteroatoms. The molecule has 158 valence electrons. The fourth-order valence-electron chi connectivity index (χ4n) is 3.72. The van der Waals surface area contributed by atoms with Gasteiger partial charge in [-0.05, 0) is 36.5 Å². The van der Waals surface area contributed by atoms with Crippen molar-refractivity contribution in [3.8, 4) is 5.75 Å². The maximum absolute atomic E-state index is 12.8. The van der Waals surface area contributed by atoms with Crippen molar-refractivity contribution in [2.45, 2.75) is 44.9 Å². The highest BCUT2D eigenvalue weighted by molar-refractivity contribution is 5.91. The van der Waals surface area contributed by atoms with E-state index in [2.05, 4.69) is 10.1 Å². The van der Waals surface area contributed by atoms with Crippen LogP contribution in [0.2, 0.25) is 0 Å². The van der Waals surface area contributed by atoms with Gasteiger partial charge in [-0.25, -0.2) is 4.98 Å². The topological polar surface area (TPSA) is 81.6 Å². The number of carbonyl (C=O) groups excluding carboxylic acids is 1. The van der Waals surface area contributed by atoms with Crippen molar-refractivity contribution in [1.29, 1.82) is 0 Å². The molecule has 4 rings (SSSR count). The molecule has 1 aliphatic heterocycles. The zero-order valence-corrected chi connectivity index (χ0v) is 17.6. The fraction of sp³-hybridized carbons (Fsp3) is 0.435. The third-order valence-electron chi connectivity index (χ3n) is 5.50. The maximum Gasteiger partial charge on any atom is 0.292 e. The number of likely N-dealkylation sites (tertiary alicyclic amines) is 1. The average molecular weight is 409 g/mol. The average Bonchev–Trinajstić information content (AvgIpc) is 3.44. The lowest BCUT2D eigenvalue weighted by atomic mass is 9.97. The Labute approximate surface area is 176 Å². The van der Waals surface area contributed by atoms with E-state index in [1.165, 1.54) is 0 Å². The smallest absolute Gasteiger partial charge is 0.292 e. The number of hydrogen-bond donors (Lipinski definition) is 0. The standard InChI is InChI=1S/C23H27N3O4/c1-15(2)20-12-21(30-25-20)23(27)26-10-4-5-17(14-26)22-24-13-19(29-22)11-16-6-8-18(28-3)9-7-16/h6-9,12-13,15,17H,4-5,10-11,14H2,1-3H3. The van der Waals surface area contributed by atoms with E-state index < -0.39 is 0 Å². The van der Waals surface area contributed by atoms with E-state index >= 15 is 0 Å². The van der Waals surface area contributed by atoms with Gasteiger partial charge in [0.1, 0.15) is 11.5 Å². The minimum Gasteiger partial charge on any atom is -0.497 e. The van der Waals surface area contributed by atoms with Gasteiger partial charge in [-0.2, -0.15) is 0 Å². The molecule has 0 N–H and O–H groups in total. The van der Waals surface area contributed by atoms with Crippen LogP contribution in [0.1, 0.15) is 72.0 Å². The van der Waals surface area contributed by atoms with Gasteiger partial charge in [-0.3, -0.25) is 4.79 Å². The van der Waals surface area contributed by atoms with Crippen molar-refractivity contribution < 1.29 is 18.5 Å². The third-order valence-corrected chi connectivity index (χ3v) is 5.50. The van der Waals surface area contributed by atoms with Crippen LogP contribution in [0.15, 0.2) is 45.5 Å². The third kappa shape index (κ3) is 4.40. The number of ether oxygens (including phenoxy) is 1. The van der Waals surface area contributed by atoms with Crippen LogP contribution >= 0.6 is 0 Å². The molecule has 3 aromatic rings. The van der Waals surface area contributed by atoms with Gasteiger partial charge in [-0.15, -0.1) is 0 Å². The maximum atomic E-state index is 12.8. The Morgan fingerprint density at radius 1 is 1.30 bits per heavy atom. The fourth-order valence-corrected chi connectivity index (χ4v) is 3.72. The zero-order valence-electron chi connectivity index (χ0n) is 17.6. The lowest BCUT2D eigenvalue weighted by Gasteiger charge is -2.30. The van der Waals surface area contributed by atoms with E-state index in [4.69, 9.17) is 13.7 Å². The quantitative estimate of drug-likeness (QED) is 0.600. The molecule has 30 heavy (non-hydrogen) atoms. The summed E-state index contributed by atoms with van der Waals surface area (Å²) >= 11 is 0. The number of amides is 1. The van der Waals surface area contributed by atoms with Crippen molar-refractivity contribution in [3.63, 3.8) is 0 Å². The molecule has 1 aromatic carbocycles. The Bertz CT molecular complexity index is 990. The number of benzene rings is 1. The number of aromatic nitrogens is 2. The molecule has 7 nitrogen and oxygen atoms in total. The van der Waals surface area contributed by atoms with Gasteiger partial charge < -0.3 is 18.6 Å². The zero-order chi connectivity index (χ0) is 21.1. The predicted molar refractivity (Wildman–Crippen MR) is 111 cm³/mol. The Morgan fingerprint density at radius 3 is 2.80 bits per heavy atom. The van der Waals surface area contributed by atoms with Crippen LogP contribution in [0.25, 0.3) is 0 Å². The lowest BCUT2D eigenvalue weighted by Crippen LogP contribution is -2.39. The molecule has 1 unspecified atom stereocenters. The number of hydrogen-bond acceptors (Lipinski definition) is 6. The largest absolute Gasteiger partial charge is 0.497 e. The first-order valence-electron chi connectivity index (χ1n) is 10.4. The summed E-state index contributed by atoms with van der Waals surface area (Å²) in [5, 5.41) is 4.00. The molecule has 1 atom stereocenters.